The molecule has 3 heteroatoms. The lowest BCUT2D eigenvalue weighted by atomic mass is 9.99. The number of hydrogen-bond donors (Lipinski definition) is 1. The minimum atomic E-state index is -0.621. The normalized spacial score (nSPS) is 23.5. The third-order valence-corrected chi connectivity index (χ3v) is 3.68. The molecule has 1 aliphatic rings. The van der Waals surface area contributed by atoms with E-state index >= 15 is 0 Å². The van der Waals surface area contributed by atoms with Gasteiger partial charge in [0.15, 0.2) is 0 Å². The van der Waals surface area contributed by atoms with Crippen molar-refractivity contribution in [2.24, 2.45) is 11.8 Å². The molecule has 0 amide bonds. The molecule has 1 N–H and O–H groups in total. The Morgan fingerprint density at radius 3 is 2.75 bits per heavy atom. The van der Waals surface area contributed by atoms with Gasteiger partial charge in [-0.3, -0.25) is 4.79 Å². The molecule has 0 aromatic rings. The third kappa shape index (κ3) is 4.12. The maximum Gasteiger partial charge on any atom is 0.307 e. The molecule has 0 aromatic heterocycles. The van der Waals surface area contributed by atoms with E-state index in [1.807, 2.05) is 0 Å². The molecule has 0 aliphatic carbocycles. The predicted octanol–water partition coefficient (Wildman–Crippen LogP) is 2.61. The van der Waals surface area contributed by atoms with Crippen LogP contribution < -0.4 is 0 Å². The number of unbranched alkanes of at least 4 members (excludes halogenated alkanes) is 1. The van der Waals surface area contributed by atoms with E-state index in [1.165, 1.54) is 25.7 Å². The molecule has 0 bridgehead atoms. The first kappa shape index (κ1) is 13.5. The smallest absolute Gasteiger partial charge is 0.307 e. The standard InChI is InChI=1S/C13H25NO2/c1-3-5-6-11(4-2)9-14-8-7-12(10-14)13(15)16/h11-12H,3-10H2,1-2H3,(H,15,16). The van der Waals surface area contributed by atoms with E-state index in [-0.39, 0.29) is 5.92 Å². The van der Waals surface area contributed by atoms with Crippen molar-refractivity contribution in [2.75, 3.05) is 19.6 Å². The monoisotopic (exact) mass is 227 g/mol. The van der Waals surface area contributed by atoms with Gasteiger partial charge in [-0.05, 0) is 25.3 Å². The van der Waals surface area contributed by atoms with Crippen LogP contribution in [0.25, 0.3) is 0 Å². The van der Waals surface area contributed by atoms with Crippen LogP contribution in [-0.4, -0.2) is 35.6 Å². The van der Waals surface area contributed by atoms with Gasteiger partial charge in [0, 0.05) is 13.1 Å². The van der Waals surface area contributed by atoms with E-state index in [0.29, 0.717) is 0 Å². The highest BCUT2D eigenvalue weighted by atomic mass is 16.4. The molecule has 1 heterocycles. The molecule has 1 fully saturated rings. The van der Waals surface area contributed by atoms with Crippen LogP contribution in [0, 0.1) is 11.8 Å². The van der Waals surface area contributed by atoms with Crippen LogP contribution in [0.4, 0.5) is 0 Å². The lowest BCUT2D eigenvalue weighted by Crippen LogP contribution is -2.28. The van der Waals surface area contributed by atoms with E-state index in [0.717, 1.165) is 32.0 Å². The molecule has 16 heavy (non-hydrogen) atoms. The SMILES string of the molecule is CCCCC(CC)CN1CCC(C(=O)O)C1. The van der Waals surface area contributed by atoms with Gasteiger partial charge in [-0.2, -0.15) is 0 Å². The van der Waals surface area contributed by atoms with Crippen molar-refractivity contribution in [2.45, 2.75) is 46.0 Å². The molecule has 1 aliphatic heterocycles. The summed E-state index contributed by atoms with van der Waals surface area (Å²) >= 11 is 0. The van der Waals surface area contributed by atoms with E-state index < -0.39 is 5.97 Å². The first-order valence-corrected chi connectivity index (χ1v) is 6.62. The highest BCUT2D eigenvalue weighted by Gasteiger charge is 2.28. The fraction of sp³-hybridized carbons (Fsp3) is 0.923. The Kier molecular flexibility index (Phi) is 5.81. The first-order valence-electron chi connectivity index (χ1n) is 6.62. The highest BCUT2D eigenvalue weighted by molar-refractivity contribution is 5.70. The molecule has 1 rings (SSSR count). The van der Waals surface area contributed by atoms with Gasteiger partial charge in [-0.25, -0.2) is 0 Å². The van der Waals surface area contributed by atoms with E-state index in [2.05, 4.69) is 18.7 Å². The number of carbonyl (C=O) groups is 1. The second-order valence-corrected chi connectivity index (χ2v) is 5.00. The van der Waals surface area contributed by atoms with Crippen LogP contribution in [0.5, 0.6) is 0 Å². The molecule has 2 atom stereocenters. The molecule has 94 valence electrons. The van der Waals surface area contributed by atoms with Crippen molar-refractivity contribution in [1.29, 1.82) is 0 Å². The Bertz CT molecular complexity index is 218. The van der Waals surface area contributed by atoms with Crippen molar-refractivity contribution in [3.8, 4) is 0 Å². The second kappa shape index (κ2) is 6.89. The molecule has 0 aromatic carbocycles. The fourth-order valence-electron chi connectivity index (χ4n) is 2.48. The molecule has 1 saturated heterocycles. The molecule has 3 nitrogen and oxygen atoms in total. The molecular weight excluding hydrogens is 202 g/mol. The largest absolute Gasteiger partial charge is 0.481 e. The number of carboxylic acids is 1. The first-order chi connectivity index (χ1) is 7.67. The van der Waals surface area contributed by atoms with Crippen molar-refractivity contribution in [1.82, 2.24) is 4.90 Å². The van der Waals surface area contributed by atoms with Gasteiger partial charge in [0.05, 0.1) is 5.92 Å². The van der Waals surface area contributed by atoms with E-state index in [4.69, 9.17) is 5.11 Å². The average molecular weight is 227 g/mol. The van der Waals surface area contributed by atoms with Crippen LogP contribution in [0.2, 0.25) is 0 Å². The predicted molar refractivity (Wildman–Crippen MR) is 65.5 cm³/mol. The van der Waals surface area contributed by atoms with E-state index in [9.17, 15) is 4.79 Å². The number of nitrogens with zero attached hydrogens (tertiary/aromatic N) is 1. The Hall–Kier alpha value is -0.570. The van der Waals surface area contributed by atoms with Gasteiger partial charge in [0.25, 0.3) is 0 Å². The average Bonchev–Trinajstić information content (AvgIpc) is 2.72. The summed E-state index contributed by atoms with van der Waals surface area (Å²) in [5.74, 6) is 0.0142. The van der Waals surface area contributed by atoms with Crippen LogP contribution >= 0.6 is 0 Å². The maximum atomic E-state index is 10.8. The zero-order valence-corrected chi connectivity index (χ0v) is 10.6. The number of rotatable bonds is 7. The number of hydrogen-bond acceptors (Lipinski definition) is 2. The van der Waals surface area contributed by atoms with Crippen molar-refractivity contribution >= 4 is 5.97 Å². The molecule has 2 unspecified atom stereocenters. The van der Waals surface area contributed by atoms with Crippen LogP contribution in [-0.2, 0) is 4.79 Å². The van der Waals surface area contributed by atoms with Crippen LogP contribution in [0.3, 0.4) is 0 Å². The van der Waals surface area contributed by atoms with Gasteiger partial charge in [-0.15, -0.1) is 0 Å². The minimum absolute atomic E-state index is 0.122. The molecular formula is C13H25NO2. The topological polar surface area (TPSA) is 40.5 Å². The second-order valence-electron chi connectivity index (χ2n) is 5.00. The van der Waals surface area contributed by atoms with Crippen molar-refractivity contribution < 1.29 is 9.90 Å². The van der Waals surface area contributed by atoms with Gasteiger partial charge in [-0.1, -0.05) is 33.1 Å². The Labute approximate surface area is 98.8 Å². The maximum absolute atomic E-state index is 10.8. The fourth-order valence-corrected chi connectivity index (χ4v) is 2.48. The lowest BCUT2D eigenvalue weighted by Gasteiger charge is -2.22. The van der Waals surface area contributed by atoms with Crippen molar-refractivity contribution in [3.05, 3.63) is 0 Å². The minimum Gasteiger partial charge on any atom is -0.481 e. The van der Waals surface area contributed by atoms with Gasteiger partial charge in [0.2, 0.25) is 0 Å². The summed E-state index contributed by atoms with van der Waals surface area (Å²) < 4.78 is 0. The summed E-state index contributed by atoms with van der Waals surface area (Å²) in [6.07, 6.45) is 5.90. The quantitative estimate of drug-likeness (QED) is 0.727. The number of aliphatic carboxylic acids is 1. The third-order valence-electron chi connectivity index (χ3n) is 3.68. The summed E-state index contributed by atoms with van der Waals surface area (Å²) in [6.45, 7) is 7.30. The zero-order chi connectivity index (χ0) is 12.0. The van der Waals surface area contributed by atoms with E-state index in [1.54, 1.807) is 0 Å². The summed E-state index contributed by atoms with van der Waals surface area (Å²) in [7, 11) is 0. The van der Waals surface area contributed by atoms with Gasteiger partial charge < -0.3 is 10.0 Å². The molecule has 0 spiro atoms. The lowest BCUT2D eigenvalue weighted by molar-refractivity contribution is -0.141. The highest BCUT2D eigenvalue weighted by Crippen LogP contribution is 2.21. The Balaban J connectivity index is 2.28. The summed E-state index contributed by atoms with van der Waals surface area (Å²) in [5.41, 5.74) is 0. The molecule has 0 radical (unpaired) electrons. The Morgan fingerprint density at radius 2 is 2.25 bits per heavy atom. The number of likely N-dealkylation sites (tertiary alicyclic amines) is 1. The van der Waals surface area contributed by atoms with Gasteiger partial charge >= 0.3 is 5.97 Å². The van der Waals surface area contributed by atoms with Crippen molar-refractivity contribution in [3.63, 3.8) is 0 Å². The summed E-state index contributed by atoms with van der Waals surface area (Å²) in [4.78, 5) is 13.2. The Morgan fingerprint density at radius 1 is 1.50 bits per heavy atom. The van der Waals surface area contributed by atoms with Crippen LogP contribution in [0.1, 0.15) is 46.0 Å². The summed E-state index contributed by atoms with van der Waals surface area (Å²) in [5, 5.41) is 8.94. The summed E-state index contributed by atoms with van der Waals surface area (Å²) in [6, 6.07) is 0. The van der Waals surface area contributed by atoms with Gasteiger partial charge in [0.1, 0.15) is 0 Å². The number of carboxylic acid groups (broad SMARTS) is 1. The van der Waals surface area contributed by atoms with Crippen LogP contribution in [0.15, 0.2) is 0 Å². The molecule has 0 saturated carbocycles. The zero-order valence-electron chi connectivity index (χ0n) is 10.6.